The first-order valence-corrected chi connectivity index (χ1v) is 18.5. The maximum Gasteiger partial charge on any atom is 0.220 e. The van der Waals surface area contributed by atoms with Crippen LogP contribution in [0.15, 0.2) is 11.6 Å². The van der Waals surface area contributed by atoms with Gasteiger partial charge in [-0.05, 0) is 124 Å². The van der Waals surface area contributed by atoms with Gasteiger partial charge in [0.2, 0.25) is 11.8 Å². The third-order valence-corrected chi connectivity index (χ3v) is 11.8. The lowest BCUT2D eigenvalue weighted by atomic mass is 9.56. The molecule has 0 heterocycles. The van der Waals surface area contributed by atoms with E-state index in [2.05, 4.69) is 51.3 Å². The molecule has 0 aromatic heterocycles. The molecule has 5 nitrogen and oxygen atoms in total. The molecular formula is C38H66N2O3. The van der Waals surface area contributed by atoms with Crippen LogP contribution in [-0.2, 0) is 14.3 Å². The van der Waals surface area contributed by atoms with Gasteiger partial charge in [-0.2, -0.15) is 0 Å². The van der Waals surface area contributed by atoms with Gasteiger partial charge in [-0.25, -0.2) is 0 Å². The monoisotopic (exact) mass is 599 g/mol. The fourth-order valence-corrected chi connectivity index (χ4v) is 9.82. The molecule has 4 rings (SSSR count). The van der Waals surface area contributed by atoms with Crippen molar-refractivity contribution in [3.8, 4) is 0 Å². The molecule has 0 aliphatic heterocycles. The lowest BCUT2D eigenvalue weighted by Gasteiger charge is -2.50. The molecule has 4 aliphatic carbocycles. The van der Waals surface area contributed by atoms with Gasteiger partial charge in [0.1, 0.15) is 0 Å². The first-order chi connectivity index (χ1) is 20.6. The third kappa shape index (κ3) is 10.1. The molecule has 9 atom stereocenters. The molecule has 4 aliphatic rings. The Balaban J connectivity index is 1.12. The number of hydrogen-bond acceptors (Lipinski definition) is 3. The van der Waals surface area contributed by atoms with E-state index >= 15 is 0 Å². The fraction of sp³-hybridized carbons (Fsp3) is 0.895. The summed E-state index contributed by atoms with van der Waals surface area (Å²) in [6.45, 7) is 14.9. The Morgan fingerprint density at radius 1 is 0.814 bits per heavy atom. The summed E-state index contributed by atoms with van der Waals surface area (Å²) in [4.78, 5) is 24.3. The molecule has 8 unspecified atom stereocenters. The van der Waals surface area contributed by atoms with Gasteiger partial charge in [0.25, 0.3) is 0 Å². The average molecular weight is 599 g/mol. The molecule has 2 N–H and O–H groups in total. The van der Waals surface area contributed by atoms with Crippen molar-refractivity contribution in [1.82, 2.24) is 10.6 Å². The molecule has 0 aromatic carbocycles. The van der Waals surface area contributed by atoms with Crippen molar-refractivity contribution >= 4 is 11.8 Å². The second-order valence-electron chi connectivity index (χ2n) is 16.0. The maximum atomic E-state index is 12.2. The van der Waals surface area contributed by atoms with Crippen LogP contribution in [0.25, 0.3) is 0 Å². The van der Waals surface area contributed by atoms with Crippen molar-refractivity contribution in [2.24, 2.45) is 53.3 Å². The summed E-state index contributed by atoms with van der Waals surface area (Å²) in [5.41, 5.74) is 1.71. The Labute approximate surface area is 264 Å². The van der Waals surface area contributed by atoms with E-state index in [1.165, 1.54) is 64.2 Å². The lowest BCUT2D eigenvalue weighted by molar-refractivity contribution is -0.126. The van der Waals surface area contributed by atoms with Crippen molar-refractivity contribution in [3.63, 3.8) is 0 Å². The Bertz CT molecular complexity index is 913. The van der Waals surface area contributed by atoms with Crippen LogP contribution >= 0.6 is 0 Å². The van der Waals surface area contributed by atoms with Gasteiger partial charge in [-0.1, -0.05) is 65.5 Å². The van der Waals surface area contributed by atoms with Crippen molar-refractivity contribution in [2.45, 2.75) is 150 Å². The molecule has 0 spiro atoms. The molecule has 3 fully saturated rings. The molecule has 2 amide bonds. The van der Waals surface area contributed by atoms with Crippen LogP contribution in [0.1, 0.15) is 138 Å². The molecule has 246 valence electrons. The molecule has 0 bridgehead atoms. The van der Waals surface area contributed by atoms with Gasteiger partial charge >= 0.3 is 0 Å². The molecule has 0 saturated heterocycles. The number of nitrogens with one attached hydrogen (secondary N) is 2. The largest absolute Gasteiger partial charge is 0.378 e. The summed E-state index contributed by atoms with van der Waals surface area (Å²) in [7, 11) is 0. The topological polar surface area (TPSA) is 67.4 Å². The van der Waals surface area contributed by atoms with Gasteiger partial charge in [0, 0.05) is 32.0 Å². The van der Waals surface area contributed by atoms with Crippen LogP contribution in [-0.4, -0.2) is 37.1 Å². The highest BCUT2D eigenvalue weighted by Gasteiger charge is 2.50. The van der Waals surface area contributed by atoms with E-state index < -0.39 is 0 Å². The van der Waals surface area contributed by atoms with E-state index in [9.17, 15) is 9.59 Å². The predicted octanol–water partition coefficient (Wildman–Crippen LogP) is 8.47. The normalized spacial score (nSPS) is 31.5. The van der Waals surface area contributed by atoms with Crippen LogP contribution < -0.4 is 10.6 Å². The number of rotatable bonds is 16. The summed E-state index contributed by atoms with van der Waals surface area (Å²) in [5, 5.41) is 5.96. The summed E-state index contributed by atoms with van der Waals surface area (Å²) in [6, 6.07) is 0.154. The van der Waals surface area contributed by atoms with Crippen LogP contribution in [0.3, 0.4) is 0 Å². The molecule has 0 radical (unpaired) electrons. The minimum atomic E-state index is -0.0435. The Hall–Kier alpha value is -1.36. The smallest absolute Gasteiger partial charge is 0.220 e. The number of hydrogen-bond donors (Lipinski definition) is 2. The summed E-state index contributed by atoms with van der Waals surface area (Å²) in [6.07, 6.45) is 20.4. The Morgan fingerprint density at radius 2 is 1.56 bits per heavy atom. The van der Waals surface area contributed by atoms with Gasteiger partial charge in [-0.15, -0.1) is 0 Å². The van der Waals surface area contributed by atoms with Gasteiger partial charge < -0.3 is 15.4 Å². The fourth-order valence-electron chi connectivity index (χ4n) is 9.82. The second-order valence-corrected chi connectivity index (χ2v) is 16.0. The van der Waals surface area contributed by atoms with E-state index in [0.29, 0.717) is 25.2 Å². The summed E-state index contributed by atoms with van der Waals surface area (Å²) in [5.74, 6) is 7.88. The summed E-state index contributed by atoms with van der Waals surface area (Å²) >= 11 is 0. The van der Waals surface area contributed by atoms with E-state index in [1.54, 1.807) is 5.57 Å². The first kappa shape index (κ1) is 34.5. The number of allylic oxidation sites excluding steroid dienone is 1. The zero-order valence-corrected chi connectivity index (χ0v) is 28.7. The van der Waals surface area contributed by atoms with Crippen molar-refractivity contribution < 1.29 is 14.3 Å². The van der Waals surface area contributed by atoms with E-state index in [1.807, 2.05) is 6.92 Å². The standard InChI is InChI=1S/C38H66N2O3/c1-25(2)9-7-10-27(5)31-15-16-36-33(31)17-18-34-32-14-12-30(24-29(32)11-13-35(34)36)43-22-8-21-39-37(41)19-20-38(42)40-28(6)23-26(3)4/h11,25-28,30-36H,7-10,12-24H2,1-6H3,(H,39,41)(H,40,42)/t27?,28?,30-,31?,32?,33?,34?,35?,36?/m0/s1. The zero-order chi connectivity index (χ0) is 30.9. The van der Waals surface area contributed by atoms with E-state index in [-0.39, 0.29) is 30.7 Å². The van der Waals surface area contributed by atoms with Crippen LogP contribution in [0.5, 0.6) is 0 Å². The first-order valence-electron chi connectivity index (χ1n) is 18.5. The minimum Gasteiger partial charge on any atom is -0.378 e. The number of amides is 2. The lowest BCUT2D eigenvalue weighted by Crippen LogP contribution is -2.42. The van der Waals surface area contributed by atoms with Crippen LogP contribution in [0, 0.1) is 53.3 Å². The Kier molecular flexibility index (Phi) is 13.5. The van der Waals surface area contributed by atoms with Gasteiger partial charge in [0.15, 0.2) is 0 Å². The van der Waals surface area contributed by atoms with Gasteiger partial charge in [-0.3, -0.25) is 9.59 Å². The second kappa shape index (κ2) is 16.8. The molecule has 0 aromatic rings. The highest BCUT2D eigenvalue weighted by molar-refractivity contribution is 5.83. The van der Waals surface area contributed by atoms with Crippen molar-refractivity contribution in [3.05, 3.63) is 11.6 Å². The van der Waals surface area contributed by atoms with Crippen molar-refractivity contribution in [1.29, 1.82) is 0 Å². The Morgan fingerprint density at radius 3 is 2.33 bits per heavy atom. The third-order valence-electron chi connectivity index (χ3n) is 11.8. The minimum absolute atomic E-state index is 0.0341. The van der Waals surface area contributed by atoms with Crippen molar-refractivity contribution in [2.75, 3.05) is 13.2 Å². The number of carbonyl (C=O) groups is 2. The number of carbonyl (C=O) groups excluding carboxylic acids is 2. The van der Waals surface area contributed by atoms with E-state index in [0.717, 1.165) is 66.6 Å². The number of fused-ring (bicyclic) bond motifs is 5. The average Bonchev–Trinajstić information content (AvgIpc) is 3.39. The molecule has 43 heavy (non-hydrogen) atoms. The zero-order valence-electron chi connectivity index (χ0n) is 28.7. The quantitative estimate of drug-likeness (QED) is 0.138. The number of ether oxygens (including phenoxy) is 1. The van der Waals surface area contributed by atoms with Crippen LogP contribution in [0.4, 0.5) is 0 Å². The predicted molar refractivity (Wildman–Crippen MR) is 177 cm³/mol. The van der Waals surface area contributed by atoms with Crippen LogP contribution in [0.2, 0.25) is 0 Å². The highest BCUT2D eigenvalue weighted by Crippen LogP contribution is 2.59. The van der Waals surface area contributed by atoms with E-state index in [4.69, 9.17) is 4.74 Å². The maximum absolute atomic E-state index is 12.2. The highest BCUT2D eigenvalue weighted by atomic mass is 16.5. The molecule has 5 heteroatoms. The molecule has 3 saturated carbocycles. The molecular weight excluding hydrogens is 532 g/mol. The van der Waals surface area contributed by atoms with Gasteiger partial charge in [0.05, 0.1) is 6.10 Å². The summed E-state index contributed by atoms with van der Waals surface area (Å²) < 4.78 is 6.32. The SMILES string of the molecule is CC(C)CCCC(C)C1CCC2C1CCC1C3CC[C@H](OCCCNC(=O)CCC(=O)NC(C)CC(C)C)CC3=CCC12.